The second-order valence-corrected chi connectivity index (χ2v) is 11.9. The van der Waals surface area contributed by atoms with Crippen molar-refractivity contribution < 1.29 is 18.0 Å². The maximum Gasteiger partial charge on any atom is 0.244 e. The molecule has 0 heterocycles. The number of anilines is 1. The summed E-state index contributed by atoms with van der Waals surface area (Å²) in [6, 6.07) is 22.6. The van der Waals surface area contributed by atoms with Crippen molar-refractivity contribution >= 4 is 39.1 Å². The van der Waals surface area contributed by atoms with Crippen LogP contribution in [0.3, 0.4) is 0 Å². The fourth-order valence-corrected chi connectivity index (χ4v) is 5.34. The van der Waals surface area contributed by atoms with Gasteiger partial charge in [-0.25, -0.2) is 8.42 Å². The van der Waals surface area contributed by atoms with Crippen LogP contribution in [0.2, 0.25) is 5.02 Å². The van der Waals surface area contributed by atoms with E-state index >= 15 is 0 Å². The number of carbonyl (C=O) groups excluding carboxylic acids is 2. The van der Waals surface area contributed by atoms with Gasteiger partial charge in [0, 0.05) is 24.0 Å². The second-order valence-electron chi connectivity index (χ2n) is 9.58. The van der Waals surface area contributed by atoms with Crippen LogP contribution in [-0.2, 0) is 32.6 Å². The van der Waals surface area contributed by atoms with Crippen molar-refractivity contribution in [3.05, 3.63) is 101 Å². The molecular formula is C29H34ClN3O4S. The predicted molar refractivity (Wildman–Crippen MR) is 153 cm³/mol. The van der Waals surface area contributed by atoms with Gasteiger partial charge in [-0.05, 0) is 55.7 Å². The molecule has 0 saturated heterocycles. The number of nitrogens with one attached hydrogen (secondary N) is 1. The zero-order chi connectivity index (χ0) is 27.9. The third-order valence-corrected chi connectivity index (χ3v) is 7.37. The molecule has 3 aromatic rings. The predicted octanol–water partition coefficient (Wildman–Crippen LogP) is 4.58. The van der Waals surface area contributed by atoms with Crippen molar-refractivity contribution in [3.63, 3.8) is 0 Å². The Morgan fingerprint density at radius 3 is 2.03 bits per heavy atom. The molecule has 1 N–H and O–H groups in total. The molecule has 3 rings (SSSR count). The summed E-state index contributed by atoms with van der Waals surface area (Å²) in [5.41, 5.74) is 2.68. The summed E-state index contributed by atoms with van der Waals surface area (Å²) in [4.78, 5) is 29.0. The van der Waals surface area contributed by atoms with Gasteiger partial charge in [-0.1, -0.05) is 72.3 Å². The summed E-state index contributed by atoms with van der Waals surface area (Å²) < 4.78 is 26.8. The fraction of sp³-hybridized carbons (Fsp3) is 0.310. The van der Waals surface area contributed by atoms with E-state index < -0.39 is 28.5 Å². The van der Waals surface area contributed by atoms with E-state index in [0.29, 0.717) is 16.3 Å². The van der Waals surface area contributed by atoms with E-state index in [1.165, 1.54) is 4.90 Å². The largest absolute Gasteiger partial charge is 0.352 e. The zero-order valence-corrected chi connectivity index (χ0v) is 23.7. The average molecular weight is 556 g/mol. The van der Waals surface area contributed by atoms with Crippen molar-refractivity contribution in [1.82, 2.24) is 10.2 Å². The van der Waals surface area contributed by atoms with E-state index in [4.69, 9.17) is 11.6 Å². The molecular weight excluding hydrogens is 522 g/mol. The third-order valence-electron chi connectivity index (χ3n) is 6.00. The molecule has 1 atom stereocenters. The lowest BCUT2D eigenvalue weighted by Gasteiger charge is -2.34. The summed E-state index contributed by atoms with van der Waals surface area (Å²) >= 11 is 6.09. The van der Waals surface area contributed by atoms with Gasteiger partial charge in [0.05, 0.1) is 11.9 Å². The standard InChI is InChI=1S/C29H34ClN3O4S/c1-21(2)31-29(35)27(18-23-11-7-5-8-12-23)32(19-24-13-9-6-10-14-24)28(34)20-33(38(4,36)37)26-16-15-25(30)17-22(26)3/h5-17,21,27H,18-20H2,1-4H3,(H,31,35)/t27-/m0/s1. The van der Waals surface area contributed by atoms with Gasteiger partial charge in [0.2, 0.25) is 21.8 Å². The SMILES string of the molecule is Cc1cc(Cl)ccc1N(CC(=O)N(Cc1ccccc1)[C@@H](Cc1ccccc1)C(=O)NC(C)C)S(C)(=O)=O. The van der Waals surface area contributed by atoms with Crippen LogP contribution in [0.25, 0.3) is 0 Å². The molecule has 0 unspecified atom stereocenters. The molecule has 0 fully saturated rings. The third kappa shape index (κ3) is 8.07. The van der Waals surface area contributed by atoms with Crippen LogP contribution in [-0.4, -0.2) is 50.0 Å². The maximum absolute atomic E-state index is 14.0. The zero-order valence-electron chi connectivity index (χ0n) is 22.1. The number of amides is 2. The summed E-state index contributed by atoms with van der Waals surface area (Å²) in [5.74, 6) is -0.796. The Kier molecular flexibility index (Phi) is 9.94. The highest BCUT2D eigenvalue weighted by Crippen LogP contribution is 2.26. The number of hydrogen-bond donors (Lipinski definition) is 1. The van der Waals surface area contributed by atoms with Crippen LogP contribution in [0.15, 0.2) is 78.9 Å². The van der Waals surface area contributed by atoms with Crippen LogP contribution in [0.4, 0.5) is 5.69 Å². The van der Waals surface area contributed by atoms with Gasteiger partial charge >= 0.3 is 0 Å². The van der Waals surface area contributed by atoms with Crippen LogP contribution in [0, 0.1) is 6.92 Å². The molecule has 2 amide bonds. The van der Waals surface area contributed by atoms with Crippen molar-refractivity contribution in [2.24, 2.45) is 0 Å². The van der Waals surface area contributed by atoms with Gasteiger partial charge in [-0.2, -0.15) is 0 Å². The van der Waals surface area contributed by atoms with E-state index in [2.05, 4.69) is 5.32 Å². The summed E-state index contributed by atoms with van der Waals surface area (Å²) in [5, 5.41) is 3.40. The number of benzene rings is 3. The first-order chi connectivity index (χ1) is 18.0. The lowest BCUT2D eigenvalue weighted by Crippen LogP contribution is -2.54. The van der Waals surface area contributed by atoms with Gasteiger partial charge in [-0.3, -0.25) is 13.9 Å². The molecule has 0 saturated carbocycles. The van der Waals surface area contributed by atoms with E-state index in [1.54, 1.807) is 25.1 Å². The van der Waals surface area contributed by atoms with Crippen LogP contribution >= 0.6 is 11.6 Å². The minimum atomic E-state index is -3.84. The first kappa shape index (κ1) is 29.2. The Balaban J connectivity index is 2.05. The fourth-order valence-electron chi connectivity index (χ4n) is 4.21. The van der Waals surface area contributed by atoms with Gasteiger partial charge in [-0.15, -0.1) is 0 Å². The minimum Gasteiger partial charge on any atom is -0.352 e. The van der Waals surface area contributed by atoms with Crippen molar-refractivity contribution in [2.45, 2.75) is 45.8 Å². The normalized spacial score (nSPS) is 12.2. The molecule has 7 nitrogen and oxygen atoms in total. The Bertz CT molecular complexity index is 1350. The molecule has 3 aromatic carbocycles. The van der Waals surface area contributed by atoms with E-state index in [9.17, 15) is 18.0 Å². The van der Waals surface area contributed by atoms with Crippen molar-refractivity contribution in [1.29, 1.82) is 0 Å². The van der Waals surface area contributed by atoms with E-state index in [0.717, 1.165) is 21.7 Å². The molecule has 202 valence electrons. The summed E-state index contributed by atoms with van der Waals surface area (Å²) in [6.07, 6.45) is 1.33. The number of carbonyl (C=O) groups is 2. The van der Waals surface area contributed by atoms with Crippen molar-refractivity contribution in [3.8, 4) is 0 Å². The monoisotopic (exact) mass is 555 g/mol. The lowest BCUT2D eigenvalue weighted by molar-refractivity contribution is -0.140. The Morgan fingerprint density at radius 1 is 0.921 bits per heavy atom. The number of hydrogen-bond acceptors (Lipinski definition) is 4. The van der Waals surface area contributed by atoms with E-state index in [1.807, 2.05) is 74.5 Å². The van der Waals surface area contributed by atoms with Gasteiger partial charge in [0.1, 0.15) is 12.6 Å². The molecule has 0 radical (unpaired) electrons. The molecule has 0 aliphatic rings. The average Bonchev–Trinajstić information content (AvgIpc) is 2.85. The number of aryl methyl sites for hydroxylation is 1. The van der Waals surface area contributed by atoms with E-state index in [-0.39, 0.29) is 24.9 Å². The summed E-state index contributed by atoms with van der Waals surface area (Å²) in [6.45, 7) is 5.12. The number of rotatable bonds is 11. The molecule has 0 bridgehead atoms. The Hall–Kier alpha value is -3.36. The minimum absolute atomic E-state index is 0.139. The lowest BCUT2D eigenvalue weighted by atomic mass is 10.0. The second kappa shape index (κ2) is 12.9. The van der Waals surface area contributed by atoms with Crippen LogP contribution in [0.1, 0.15) is 30.5 Å². The molecule has 9 heteroatoms. The first-order valence-electron chi connectivity index (χ1n) is 12.4. The molecule has 0 spiro atoms. The Morgan fingerprint density at radius 2 is 1.50 bits per heavy atom. The summed E-state index contributed by atoms with van der Waals surface area (Å²) in [7, 11) is -3.84. The van der Waals surface area contributed by atoms with Gasteiger partial charge in [0.15, 0.2) is 0 Å². The van der Waals surface area contributed by atoms with Gasteiger partial charge < -0.3 is 10.2 Å². The highest BCUT2D eigenvalue weighted by Gasteiger charge is 2.33. The first-order valence-corrected chi connectivity index (χ1v) is 14.6. The van der Waals surface area contributed by atoms with Crippen LogP contribution < -0.4 is 9.62 Å². The van der Waals surface area contributed by atoms with Gasteiger partial charge in [0.25, 0.3) is 0 Å². The quantitative estimate of drug-likeness (QED) is 0.375. The number of nitrogens with zero attached hydrogens (tertiary/aromatic N) is 2. The smallest absolute Gasteiger partial charge is 0.244 e. The highest BCUT2D eigenvalue weighted by molar-refractivity contribution is 7.92. The maximum atomic E-state index is 14.0. The van der Waals surface area contributed by atoms with Crippen molar-refractivity contribution in [2.75, 3.05) is 17.1 Å². The number of sulfonamides is 1. The van der Waals surface area contributed by atoms with Crippen LogP contribution in [0.5, 0.6) is 0 Å². The molecule has 0 aliphatic heterocycles. The highest BCUT2D eigenvalue weighted by atomic mass is 35.5. The molecule has 0 aliphatic carbocycles. The number of halogens is 1. The topological polar surface area (TPSA) is 86.8 Å². The molecule has 38 heavy (non-hydrogen) atoms. The Labute approximate surface area is 230 Å². The molecule has 0 aromatic heterocycles.